The molecule has 0 aromatic heterocycles. The third kappa shape index (κ3) is 3.48. The molecule has 8 heteroatoms. The van der Waals surface area contributed by atoms with Gasteiger partial charge in [0, 0.05) is 0 Å². The number of hydrogen-bond acceptors (Lipinski definition) is 2. The van der Waals surface area contributed by atoms with Gasteiger partial charge in [-0.05, 0) is 18.2 Å². The van der Waals surface area contributed by atoms with Gasteiger partial charge in [-0.3, -0.25) is 0 Å². The van der Waals surface area contributed by atoms with Gasteiger partial charge in [-0.15, -0.1) is 13.2 Å². The van der Waals surface area contributed by atoms with Crippen LogP contribution in [0.3, 0.4) is 0 Å². The Morgan fingerprint density at radius 2 is 1.93 bits per heavy atom. The summed E-state index contributed by atoms with van der Waals surface area (Å²) in [5.41, 5.74) is 0. The lowest BCUT2D eigenvalue weighted by Crippen LogP contribution is -2.18. The molecule has 1 unspecified atom stereocenters. The number of rotatable bonds is 2. The topological polar surface area (TPSA) is 46.5 Å². The summed E-state index contributed by atoms with van der Waals surface area (Å²) in [6.45, 7) is 0. The Balaban J connectivity index is 2.99. The predicted octanol–water partition coefficient (Wildman–Crippen LogP) is 2.30. The molecule has 0 radical (unpaired) electrons. The van der Waals surface area contributed by atoms with Gasteiger partial charge >= 0.3 is 6.36 Å². The molecule has 1 atom stereocenters. The summed E-state index contributed by atoms with van der Waals surface area (Å²) in [6, 6.07) is 1.99. The number of benzene rings is 1. The highest BCUT2D eigenvalue weighted by molar-refractivity contribution is 7.79. The first-order valence-electron chi connectivity index (χ1n) is 3.46. The minimum absolute atomic E-state index is 0.345. The molecule has 0 amide bonds. The van der Waals surface area contributed by atoms with Gasteiger partial charge in [-0.1, -0.05) is 0 Å². The van der Waals surface area contributed by atoms with Crippen molar-refractivity contribution < 1.29 is 31.1 Å². The second kappa shape index (κ2) is 4.15. The zero-order chi connectivity index (χ0) is 11.6. The van der Waals surface area contributed by atoms with Crippen molar-refractivity contribution in [2.75, 3.05) is 0 Å². The first kappa shape index (κ1) is 11.9. The van der Waals surface area contributed by atoms with Crippen LogP contribution >= 0.6 is 0 Å². The van der Waals surface area contributed by atoms with E-state index in [0.717, 1.165) is 6.07 Å². The molecule has 0 spiro atoms. The maximum Gasteiger partial charge on any atom is 0.573 e. The van der Waals surface area contributed by atoms with Gasteiger partial charge in [0.15, 0.2) is 22.6 Å². The van der Waals surface area contributed by atoms with E-state index in [9.17, 15) is 21.8 Å². The minimum atomic E-state index is -5.00. The molecule has 1 N–H and O–H groups in total. The lowest BCUT2D eigenvalue weighted by atomic mass is 10.3. The van der Waals surface area contributed by atoms with Crippen LogP contribution in [-0.4, -0.2) is 15.1 Å². The van der Waals surface area contributed by atoms with E-state index in [2.05, 4.69) is 4.74 Å². The fourth-order valence-corrected chi connectivity index (χ4v) is 1.19. The Labute approximate surface area is 83.9 Å². The Bertz CT molecular complexity index is 390. The number of hydrogen-bond donors (Lipinski definition) is 1. The van der Waals surface area contributed by atoms with Gasteiger partial charge in [-0.25, -0.2) is 8.60 Å². The molecule has 0 aliphatic carbocycles. The van der Waals surface area contributed by atoms with E-state index < -0.39 is 29.0 Å². The molecule has 15 heavy (non-hydrogen) atoms. The number of alkyl halides is 3. The average molecular weight is 244 g/mol. The van der Waals surface area contributed by atoms with Crippen molar-refractivity contribution in [3.05, 3.63) is 24.0 Å². The Morgan fingerprint density at radius 1 is 1.33 bits per heavy atom. The maximum absolute atomic E-state index is 12.9. The zero-order valence-electron chi connectivity index (χ0n) is 6.92. The van der Waals surface area contributed by atoms with Gasteiger partial charge in [0.25, 0.3) is 0 Å². The molecule has 0 aliphatic heterocycles. The zero-order valence-corrected chi connectivity index (χ0v) is 7.73. The molecular formula is C7H4F4O3S. The lowest BCUT2D eigenvalue weighted by molar-refractivity contribution is -0.275. The molecule has 0 aliphatic rings. The normalized spacial score (nSPS) is 13.7. The predicted molar refractivity (Wildman–Crippen MR) is 42.1 cm³/mol. The summed E-state index contributed by atoms with van der Waals surface area (Å²) in [5, 5.41) is 0. The van der Waals surface area contributed by atoms with Crippen LogP contribution in [0.4, 0.5) is 17.6 Å². The molecule has 0 fully saturated rings. The molecule has 0 heterocycles. The van der Waals surface area contributed by atoms with E-state index in [1.54, 1.807) is 0 Å². The highest BCUT2D eigenvalue weighted by Crippen LogP contribution is 2.26. The van der Waals surface area contributed by atoms with Crippen LogP contribution in [0.15, 0.2) is 23.1 Å². The fraction of sp³-hybridized carbons (Fsp3) is 0.143. The van der Waals surface area contributed by atoms with Crippen LogP contribution in [0.2, 0.25) is 0 Å². The standard InChI is InChI=1S/C7H4F4O3S/c8-5-3-4(15(12)13)1-2-6(5)14-7(9,10)11/h1-3H,(H,12,13). The summed E-state index contributed by atoms with van der Waals surface area (Å²) < 4.78 is 70.2. The van der Waals surface area contributed by atoms with Crippen LogP contribution < -0.4 is 4.74 Å². The van der Waals surface area contributed by atoms with E-state index in [4.69, 9.17) is 4.55 Å². The second-order valence-corrected chi connectivity index (χ2v) is 3.36. The SMILES string of the molecule is O=S(O)c1ccc(OC(F)(F)F)c(F)c1. The number of ether oxygens (including phenoxy) is 1. The quantitative estimate of drug-likeness (QED) is 0.641. The molecule has 1 rings (SSSR count). The first-order chi connectivity index (χ1) is 6.79. The molecule has 1 aromatic carbocycles. The second-order valence-electron chi connectivity index (χ2n) is 2.39. The van der Waals surface area contributed by atoms with E-state index in [-0.39, 0.29) is 4.90 Å². The van der Waals surface area contributed by atoms with Crippen molar-refractivity contribution in [1.82, 2.24) is 0 Å². The van der Waals surface area contributed by atoms with Crippen LogP contribution in [0.1, 0.15) is 0 Å². The van der Waals surface area contributed by atoms with Gasteiger partial charge < -0.3 is 9.29 Å². The van der Waals surface area contributed by atoms with Gasteiger partial charge in [-0.2, -0.15) is 0 Å². The maximum atomic E-state index is 12.9. The smallest absolute Gasteiger partial charge is 0.403 e. The highest BCUT2D eigenvalue weighted by atomic mass is 32.2. The molecule has 3 nitrogen and oxygen atoms in total. The van der Waals surface area contributed by atoms with Crippen LogP contribution in [0, 0.1) is 5.82 Å². The molecule has 1 aromatic rings. The Morgan fingerprint density at radius 3 is 2.33 bits per heavy atom. The molecule has 0 bridgehead atoms. The lowest BCUT2D eigenvalue weighted by Gasteiger charge is -2.09. The fourth-order valence-electron chi connectivity index (χ4n) is 0.798. The van der Waals surface area contributed by atoms with Crippen molar-refractivity contribution >= 4 is 11.1 Å². The summed E-state index contributed by atoms with van der Waals surface area (Å²) in [4.78, 5) is -0.345. The van der Waals surface area contributed by atoms with Crippen molar-refractivity contribution in [1.29, 1.82) is 0 Å². The summed E-state index contributed by atoms with van der Waals surface area (Å²) in [5.74, 6) is -2.40. The first-order valence-corrected chi connectivity index (χ1v) is 4.56. The number of halogens is 4. The summed E-state index contributed by atoms with van der Waals surface area (Å²) >= 11 is -2.45. The van der Waals surface area contributed by atoms with Crippen molar-refractivity contribution in [2.45, 2.75) is 11.3 Å². The van der Waals surface area contributed by atoms with Crippen LogP contribution in [-0.2, 0) is 11.1 Å². The van der Waals surface area contributed by atoms with E-state index in [0.29, 0.717) is 12.1 Å². The van der Waals surface area contributed by atoms with Crippen LogP contribution in [0.25, 0.3) is 0 Å². The van der Waals surface area contributed by atoms with Crippen molar-refractivity contribution in [3.63, 3.8) is 0 Å². The average Bonchev–Trinajstić information content (AvgIpc) is 2.05. The molecule has 0 saturated carbocycles. The molecular weight excluding hydrogens is 240 g/mol. The van der Waals surface area contributed by atoms with Gasteiger partial charge in [0.1, 0.15) is 0 Å². The third-order valence-electron chi connectivity index (χ3n) is 1.33. The van der Waals surface area contributed by atoms with Crippen LogP contribution in [0.5, 0.6) is 5.75 Å². The van der Waals surface area contributed by atoms with Gasteiger partial charge in [0.05, 0.1) is 4.90 Å². The highest BCUT2D eigenvalue weighted by Gasteiger charge is 2.32. The van der Waals surface area contributed by atoms with Gasteiger partial charge in [0.2, 0.25) is 0 Å². The Kier molecular flexibility index (Phi) is 3.30. The molecule has 84 valence electrons. The molecule has 0 saturated heterocycles. The van der Waals surface area contributed by atoms with E-state index in [1.165, 1.54) is 0 Å². The Hall–Kier alpha value is -1.15. The largest absolute Gasteiger partial charge is 0.573 e. The third-order valence-corrected chi connectivity index (χ3v) is 1.99. The summed E-state index contributed by atoms with van der Waals surface area (Å²) in [7, 11) is 0. The van der Waals surface area contributed by atoms with Crippen molar-refractivity contribution in [2.24, 2.45) is 0 Å². The minimum Gasteiger partial charge on any atom is -0.403 e. The van der Waals surface area contributed by atoms with E-state index >= 15 is 0 Å². The van der Waals surface area contributed by atoms with E-state index in [1.807, 2.05) is 0 Å². The summed E-state index contributed by atoms with van der Waals surface area (Å²) in [6.07, 6.45) is -5.00. The van der Waals surface area contributed by atoms with Crippen molar-refractivity contribution in [3.8, 4) is 5.75 Å². The monoisotopic (exact) mass is 244 g/mol.